The summed E-state index contributed by atoms with van der Waals surface area (Å²) in [4.78, 5) is 14.3. The average molecular weight is 897 g/mol. The molecule has 10 N–H and O–H groups in total. The van der Waals surface area contributed by atoms with Crippen LogP contribution >= 0.6 is 0 Å². The van der Waals surface area contributed by atoms with E-state index in [1.165, 1.54) is 5.57 Å². The first-order valence-electron chi connectivity index (χ1n) is 23.1. The molecule has 17 nitrogen and oxygen atoms in total. The van der Waals surface area contributed by atoms with Crippen molar-refractivity contribution in [3.63, 3.8) is 0 Å². The predicted molar refractivity (Wildman–Crippen MR) is 219 cm³/mol. The molecule has 0 bridgehead atoms. The Kier molecular flexibility index (Phi) is 13.3. The van der Waals surface area contributed by atoms with Crippen LogP contribution in [0.2, 0.25) is 0 Å². The van der Waals surface area contributed by atoms with E-state index in [0.717, 1.165) is 56.9 Å². The molecule has 3 aliphatic heterocycles. The summed E-state index contributed by atoms with van der Waals surface area (Å²) < 4.78 is 34.8. The highest BCUT2D eigenvalue weighted by Gasteiger charge is 2.68. The molecule has 8 rings (SSSR count). The molecule has 3 saturated heterocycles. The van der Waals surface area contributed by atoms with Gasteiger partial charge < -0.3 is 79.5 Å². The van der Waals surface area contributed by atoms with Crippen molar-refractivity contribution in [2.45, 2.75) is 185 Å². The fourth-order valence-corrected chi connectivity index (χ4v) is 14.3. The third-order valence-electron chi connectivity index (χ3n) is 18.1. The van der Waals surface area contributed by atoms with E-state index in [2.05, 4.69) is 47.3 Å². The van der Waals surface area contributed by atoms with Gasteiger partial charge in [0.25, 0.3) is 0 Å². The first kappa shape index (κ1) is 47.8. The van der Waals surface area contributed by atoms with Gasteiger partial charge in [0, 0.05) is 0 Å². The van der Waals surface area contributed by atoms with E-state index in [0.29, 0.717) is 18.3 Å². The highest BCUT2D eigenvalue weighted by atomic mass is 16.7. The summed E-state index contributed by atoms with van der Waals surface area (Å²) in [7, 11) is 0. The number of carbonyl (C=O) groups is 1. The van der Waals surface area contributed by atoms with Crippen LogP contribution in [0.4, 0.5) is 0 Å². The lowest BCUT2D eigenvalue weighted by molar-refractivity contribution is -0.327. The van der Waals surface area contributed by atoms with E-state index in [9.17, 15) is 55.9 Å². The van der Waals surface area contributed by atoms with Gasteiger partial charge in [-0.25, -0.2) is 0 Å². The summed E-state index contributed by atoms with van der Waals surface area (Å²) >= 11 is 0. The van der Waals surface area contributed by atoms with Crippen molar-refractivity contribution in [3.05, 3.63) is 23.8 Å². The van der Waals surface area contributed by atoms with Gasteiger partial charge in [-0.15, -0.1) is 0 Å². The number of carbonyl (C=O) groups excluding carboxylic acids is 1. The van der Waals surface area contributed by atoms with Crippen LogP contribution in [0.15, 0.2) is 23.8 Å². The minimum absolute atomic E-state index is 0.0147. The second-order valence-electron chi connectivity index (χ2n) is 21.6. The molecular formula is C46H72O17. The maximum Gasteiger partial charge on any atom is 0.311 e. The lowest BCUT2D eigenvalue weighted by Crippen LogP contribution is -2.65. The number of allylic oxidation sites excluding steroid dienone is 3. The number of fused-ring (bicyclic) bond motifs is 7. The van der Waals surface area contributed by atoms with Crippen LogP contribution in [0.1, 0.15) is 92.4 Å². The molecule has 5 aliphatic carbocycles. The van der Waals surface area contributed by atoms with Gasteiger partial charge in [0.15, 0.2) is 12.6 Å². The van der Waals surface area contributed by atoms with Gasteiger partial charge in [0.2, 0.25) is 6.29 Å². The number of aliphatic hydroxyl groups is 10. The smallest absolute Gasteiger partial charge is 0.311 e. The van der Waals surface area contributed by atoms with Crippen molar-refractivity contribution >= 4 is 5.97 Å². The van der Waals surface area contributed by atoms with Crippen LogP contribution in [0.5, 0.6) is 0 Å². The summed E-state index contributed by atoms with van der Waals surface area (Å²) in [6.07, 6.45) is -11.4. The molecule has 0 aromatic heterocycles. The maximum absolute atomic E-state index is 14.3. The standard InChI is InChI=1S/C46H72O17/c1-20-15-22-21(23(16-20)39(57)63-42-38(56)35(53)33(51)27(61-42)19-59-40-37(55)34(52)32(50)26(17-47)60-40)9-13-45(5)24(22)7-8-29-44(4)12-11-30(43(2,3)28(44)10-14-46(29,45)6)62-41-36(54)31(49)25(48)18-58-41/h7,21-23,25-38,40-42,47-56H,1,8-19H2,2-6H3. The molecule has 3 heterocycles. The predicted octanol–water partition coefficient (Wildman–Crippen LogP) is 0.166. The molecule has 23 unspecified atom stereocenters. The van der Waals surface area contributed by atoms with Crippen LogP contribution in [0, 0.1) is 51.2 Å². The number of rotatable bonds is 8. The van der Waals surface area contributed by atoms with Crippen LogP contribution in [-0.4, -0.2) is 169 Å². The maximum atomic E-state index is 14.3. The number of esters is 1. The Labute approximate surface area is 369 Å². The quantitative estimate of drug-likeness (QED) is 0.0884. The molecule has 0 aromatic carbocycles. The number of hydrogen-bond donors (Lipinski definition) is 10. The topological polar surface area (TPSA) is 275 Å². The molecule has 0 aromatic rings. The van der Waals surface area contributed by atoms with Gasteiger partial charge >= 0.3 is 5.97 Å². The Bertz CT molecular complexity index is 1720. The minimum Gasteiger partial charge on any atom is -0.432 e. The van der Waals surface area contributed by atoms with E-state index >= 15 is 0 Å². The SMILES string of the molecule is C=C1CC(C(=O)OC2OC(COC3OC(CO)C(O)C(O)C3O)C(O)C(O)C2O)C2CCC3(C)C(=CCC4C5(C)CCC(OC6OCC(O)C(O)C6O)C(C)(C)C5CCC43C)C2C1. The number of hydrogen-bond acceptors (Lipinski definition) is 17. The molecule has 63 heavy (non-hydrogen) atoms. The summed E-state index contributed by atoms with van der Waals surface area (Å²) in [5.74, 6) is -0.540. The molecule has 0 spiro atoms. The summed E-state index contributed by atoms with van der Waals surface area (Å²) in [5.41, 5.74) is 1.82. The summed E-state index contributed by atoms with van der Waals surface area (Å²) in [6.45, 7) is 14.9. The largest absolute Gasteiger partial charge is 0.432 e. The molecule has 0 amide bonds. The Hall–Kier alpha value is -1.65. The Morgan fingerprint density at radius 3 is 2.10 bits per heavy atom. The van der Waals surface area contributed by atoms with Crippen molar-refractivity contribution in [2.75, 3.05) is 19.8 Å². The highest BCUT2D eigenvalue weighted by Crippen LogP contribution is 2.74. The Morgan fingerprint density at radius 2 is 1.40 bits per heavy atom. The first-order chi connectivity index (χ1) is 29.6. The van der Waals surface area contributed by atoms with Crippen LogP contribution in [-0.2, 0) is 33.2 Å². The van der Waals surface area contributed by atoms with Gasteiger partial charge in [0.05, 0.1) is 31.8 Å². The number of ether oxygens (including phenoxy) is 6. The lowest BCUT2D eigenvalue weighted by atomic mass is 9.34. The zero-order valence-corrected chi connectivity index (χ0v) is 37.1. The molecule has 4 saturated carbocycles. The van der Waals surface area contributed by atoms with Crippen molar-refractivity contribution in [1.29, 1.82) is 0 Å². The van der Waals surface area contributed by atoms with Crippen molar-refractivity contribution in [3.8, 4) is 0 Å². The van der Waals surface area contributed by atoms with Crippen molar-refractivity contribution in [2.24, 2.45) is 51.2 Å². The van der Waals surface area contributed by atoms with E-state index in [4.69, 9.17) is 28.4 Å². The van der Waals surface area contributed by atoms with Gasteiger partial charge in [-0.1, -0.05) is 58.4 Å². The normalized spacial score (nSPS) is 53.3. The van der Waals surface area contributed by atoms with Gasteiger partial charge in [-0.3, -0.25) is 4.79 Å². The van der Waals surface area contributed by atoms with E-state index < -0.39 is 111 Å². The zero-order chi connectivity index (χ0) is 45.7. The second kappa shape index (κ2) is 17.5. The van der Waals surface area contributed by atoms with Gasteiger partial charge in [-0.2, -0.15) is 0 Å². The molecule has 0 radical (unpaired) electrons. The van der Waals surface area contributed by atoms with Crippen LogP contribution in [0.25, 0.3) is 0 Å². The summed E-state index contributed by atoms with van der Waals surface area (Å²) in [6, 6.07) is 0. The fraction of sp³-hybridized carbons (Fsp3) is 0.891. The molecule has 7 fully saturated rings. The molecule has 8 aliphatic rings. The lowest BCUT2D eigenvalue weighted by Gasteiger charge is -2.70. The molecular weight excluding hydrogens is 824 g/mol. The van der Waals surface area contributed by atoms with E-state index in [-0.39, 0.29) is 46.2 Å². The van der Waals surface area contributed by atoms with Crippen molar-refractivity contribution in [1.82, 2.24) is 0 Å². The Morgan fingerprint density at radius 1 is 0.746 bits per heavy atom. The van der Waals surface area contributed by atoms with Crippen LogP contribution < -0.4 is 0 Å². The molecule has 23 atom stereocenters. The van der Waals surface area contributed by atoms with E-state index in [1.807, 2.05) is 0 Å². The molecule has 358 valence electrons. The van der Waals surface area contributed by atoms with Gasteiger partial charge in [-0.05, 0) is 103 Å². The zero-order valence-electron chi connectivity index (χ0n) is 37.1. The first-order valence-corrected chi connectivity index (χ1v) is 23.1. The minimum atomic E-state index is -1.79. The average Bonchev–Trinajstić information content (AvgIpc) is 3.23. The summed E-state index contributed by atoms with van der Waals surface area (Å²) in [5, 5.41) is 104. The third kappa shape index (κ3) is 7.80. The molecule has 17 heteroatoms. The van der Waals surface area contributed by atoms with E-state index in [1.54, 1.807) is 0 Å². The Balaban J connectivity index is 0.956. The van der Waals surface area contributed by atoms with Crippen molar-refractivity contribution < 1.29 is 84.3 Å². The monoisotopic (exact) mass is 896 g/mol. The second-order valence-corrected chi connectivity index (χ2v) is 21.6. The number of aliphatic hydroxyl groups excluding tert-OH is 10. The highest BCUT2D eigenvalue weighted by molar-refractivity contribution is 5.74. The van der Waals surface area contributed by atoms with Crippen LogP contribution in [0.3, 0.4) is 0 Å². The fourth-order valence-electron chi connectivity index (χ4n) is 14.3. The van der Waals surface area contributed by atoms with Gasteiger partial charge in [0.1, 0.15) is 67.1 Å². The third-order valence-corrected chi connectivity index (χ3v) is 18.1.